The van der Waals surface area contributed by atoms with Gasteiger partial charge in [0.1, 0.15) is 3.70 Å². The molecule has 2 heterocycles. The molecule has 3 rings (SSSR count). The van der Waals surface area contributed by atoms with Gasteiger partial charge in [0.2, 0.25) is 0 Å². The van der Waals surface area contributed by atoms with Crippen LogP contribution in [0.2, 0.25) is 0 Å². The van der Waals surface area contributed by atoms with Gasteiger partial charge >= 0.3 is 5.97 Å². The Morgan fingerprint density at radius 1 is 1.29 bits per heavy atom. The molecule has 0 N–H and O–H groups in total. The Labute approximate surface area is 185 Å². The monoisotopic (exact) mass is 557 g/mol. The Hall–Kier alpha value is -1.52. The van der Waals surface area contributed by atoms with Crippen molar-refractivity contribution in [2.24, 2.45) is 0 Å². The summed E-state index contributed by atoms with van der Waals surface area (Å²) in [5.41, 5.74) is 3.32. The average molecular weight is 558 g/mol. The average Bonchev–Trinajstić information content (AvgIpc) is 3.03. The smallest absolute Gasteiger partial charge is 0.339 e. The van der Waals surface area contributed by atoms with Crippen LogP contribution < -0.4 is 0 Å². The van der Waals surface area contributed by atoms with Crippen molar-refractivity contribution in [3.05, 3.63) is 49.8 Å². The normalized spacial score (nSPS) is 13.0. The molecule has 0 saturated carbocycles. The second-order valence-electron chi connectivity index (χ2n) is 7.35. The van der Waals surface area contributed by atoms with Crippen LogP contribution in [0.4, 0.5) is 0 Å². The lowest BCUT2D eigenvalue weighted by Gasteiger charge is -2.27. The van der Waals surface area contributed by atoms with E-state index in [0.29, 0.717) is 16.9 Å². The largest absolute Gasteiger partial charge is 0.467 e. The number of aryl methyl sites for hydroxylation is 1. The van der Waals surface area contributed by atoms with E-state index in [4.69, 9.17) is 14.6 Å². The maximum atomic E-state index is 12.5. The number of ether oxygens (including phenoxy) is 2. The first kappa shape index (κ1) is 21.2. The van der Waals surface area contributed by atoms with Crippen molar-refractivity contribution in [1.29, 1.82) is 0 Å². The number of methoxy groups -OCH3 is 1. The molecule has 0 spiro atoms. The molecule has 0 bridgehead atoms. The number of halogens is 2. The Morgan fingerprint density at radius 2 is 2.00 bits per heavy atom. The number of rotatable bonds is 4. The van der Waals surface area contributed by atoms with Gasteiger partial charge in [-0.2, -0.15) is 5.10 Å². The van der Waals surface area contributed by atoms with E-state index in [2.05, 4.69) is 43.5 Å². The van der Waals surface area contributed by atoms with Crippen LogP contribution in [0.25, 0.3) is 16.9 Å². The third-order valence-electron chi connectivity index (χ3n) is 4.04. The number of carbonyl (C=O) groups is 1. The fraction of sp³-hybridized carbons (Fsp3) is 0.350. The number of carbonyl (C=O) groups excluding carboxylic acids is 1. The van der Waals surface area contributed by atoms with Crippen LogP contribution in [0, 0.1) is 10.6 Å². The minimum Gasteiger partial charge on any atom is -0.467 e. The van der Waals surface area contributed by atoms with Crippen LogP contribution in [-0.4, -0.2) is 33.3 Å². The molecule has 28 heavy (non-hydrogen) atoms. The standard InChI is InChI=1S/C20H21BrIN3O3/c1-11-16(17(19(26)27-5)28-20(2,3)4)18(22)25-15(23-11)10-14(24-25)12-7-6-8-13(21)9-12/h6-10,17H,1-5H3. The molecule has 1 aromatic carbocycles. The first-order valence-corrected chi connectivity index (χ1v) is 10.6. The topological polar surface area (TPSA) is 65.7 Å². The molecule has 8 heteroatoms. The Bertz CT molecular complexity index is 1040. The molecule has 0 radical (unpaired) electrons. The molecular weight excluding hydrogens is 537 g/mol. The molecule has 0 aliphatic rings. The predicted octanol–water partition coefficient (Wildman–Crippen LogP) is 5.10. The van der Waals surface area contributed by atoms with Crippen LogP contribution in [0.3, 0.4) is 0 Å². The number of hydrogen-bond donors (Lipinski definition) is 0. The van der Waals surface area contributed by atoms with E-state index in [1.54, 1.807) is 4.52 Å². The van der Waals surface area contributed by atoms with Gasteiger partial charge in [0.05, 0.1) is 18.4 Å². The number of hydrogen-bond acceptors (Lipinski definition) is 5. The molecule has 6 nitrogen and oxygen atoms in total. The number of aromatic nitrogens is 3. The molecule has 0 fully saturated rings. The fourth-order valence-corrected chi connectivity index (χ4v) is 4.29. The van der Waals surface area contributed by atoms with Crippen molar-refractivity contribution in [3.8, 4) is 11.3 Å². The van der Waals surface area contributed by atoms with Crippen molar-refractivity contribution >= 4 is 50.1 Å². The summed E-state index contributed by atoms with van der Waals surface area (Å²) in [6.07, 6.45) is -0.882. The number of nitrogens with zero attached hydrogens (tertiary/aromatic N) is 3. The maximum Gasteiger partial charge on any atom is 0.339 e. The van der Waals surface area contributed by atoms with Gasteiger partial charge in [-0.1, -0.05) is 28.1 Å². The zero-order valence-electron chi connectivity index (χ0n) is 16.3. The van der Waals surface area contributed by atoms with E-state index in [1.807, 2.05) is 58.0 Å². The van der Waals surface area contributed by atoms with Crippen LogP contribution in [0.15, 0.2) is 34.8 Å². The molecule has 0 saturated heterocycles. The van der Waals surface area contributed by atoms with Gasteiger partial charge in [-0.05, 0) is 62.4 Å². The van der Waals surface area contributed by atoms with E-state index < -0.39 is 17.7 Å². The molecule has 148 valence electrons. The lowest BCUT2D eigenvalue weighted by Crippen LogP contribution is -2.30. The minimum absolute atomic E-state index is 0.462. The highest BCUT2D eigenvalue weighted by molar-refractivity contribution is 14.1. The quantitative estimate of drug-likeness (QED) is 0.254. The summed E-state index contributed by atoms with van der Waals surface area (Å²) < 4.78 is 14.5. The highest BCUT2D eigenvalue weighted by atomic mass is 127. The van der Waals surface area contributed by atoms with E-state index in [1.165, 1.54) is 7.11 Å². The second-order valence-corrected chi connectivity index (χ2v) is 9.28. The van der Waals surface area contributed by atoms with Gasteiger partial charge in [-0.15, -0.1) is 0 Å². The number of esters is 1. The lowest BCUT2D eigenvalue weighted by molar-refractivity contribution is -0.164. The maximum absolute atomic E-state index is 12.5. The van der Waals surface area contributed by atoms with Crippen molar-refractivity contribution in [2.75, 3.05) is 7.11 Å². The van der Waals surface area contributed by atoms with E-state index in [9.17, 15) is 4.79 Å². The predicted molar refractivity (Wildman–Crippen MR) is 119 cm³/mol. The Balaban J connectivity index is 2.17. The van der Waals surface area contributed by atoms with Crippen LogP contribution in [0.1, 0.15) is 38.1 Å². The molecule has 1 atom stereocenters. The summed E-state index contributed by atoms with van der Waals surface area (Å²) in [7, 11) is 1.36. The van der Waals surface area contributed by atoms with Crippen molar-refractivity contribution in [3.63, 3.8) is 0 Å². The van der Waals surface area contributed by atoms with E-state index in [0.717, 1.165) is 19.4 Å². The molecule has 3 aromatic rings. The van der Waals surface area contributed by atoms with Crippen LogP contribution in [-0.2, 0) is 14.3 Å². The van der Waals surface area contributed by atoms with E-state index in [-0.39, 0.29) is 0 Å². The lowest BCUT2D eigenvalue weighted by atomic mass is 10.1. The van der Waals surface area contributed by atoms with Gasteiger partial charge in [-0.3, -0.25) is 0 Å². The Morgan fingerprint density at radius 3 is 2.61 bits per heavy atom. The highest BCUT2D eigenvalue weighted by Crippen LogP contribution is 2.32. The summed E-state index contributed by atoms with van der Waals surface area (Å²) in [5.74, 6) is -0.462. The molecule has 2 aromatic heterocycles. The van der Waals surface area contributed by atoms with Crippen molar-refractivity contribution < 1.29 is 14.3 Å². The van der Waals surface area contributed by atoms with E-state index >= 15 is 0 Å². The van der Waals surface area contributed by atoms with Crippen molar-refractivity contribution in [2.45, 2.75) is 39.4 Å². The summed E-state index contributed by atoms with van der Waals surface area (Å²) in [4.78, 5) is 17.2. The van der Waals surface area contributed by atoms with Gasteiger partial charge in [-0.25, -0.2) is 14.3 Å². The van der Waals surface area contributed by atoms with Gasteiger partial charge in [0.25, 0.3) is 0 Å². The fourth-order valence-electron chi connectivity index (χ4n) is 2.86. The second kappa shape index (κ2) is 8.08. The molecule has 0 amide bonds. The van der Waals surface area contributed by atoms with Crippen LogP contribution >= 0.6 is 38.5 Å². The zero-order valence-corrected chi connectivity index (χ0v) is 20.0. The van der Waals surface area contributed by atoms with Gasteiger partial charge < -0.3 is 9.47 Å². The third-order valence-corrected chi connectivity index (χ3v) is 5.57. The molecule has 1 unspecified atom stereocenters. The Kier molecular flexibility index (Phi) is 6.11. The first-order chi connectivity index (χ1) is 13.1. The molecule has 0 aliphatic carbocycles. The third kappa shape index (κ3) is 4.38. The highest BCUT2D eigenvalue weighted by Gasteiger charge is 2.32. The zero-order chi connectivity index (χ0) is 20.6. The first-order valence-electron chi connectivity index (χ1n) is 8.68. The number of fused-ring (bicyclic) bond motifs is 1. The summed E-state index contributed by atoms with van der Waals surface area (Å²) in [6, 6.07) is 9.85. The SMILES string of the molecule is COC(=O)C(OC(C)(C)C)c1c(C)nc2cc(-c3cccc(Br)c3)nn2c1I. The van der Waals surface area contributed by atoms with Crippen LogP contribution in [0.5, 0.6) is 0 Å². The number of benzene rings is 1. The summed E-state index contributed by atoms with van der Waals surface area (Å²) >= 11 is 5.68. The van der Waals surface area contributed by atoms with Gasteiger partial charge in [0.15, 0.2) is 11.8 Å². The van der Waals surface area contributed by atoms with Crippen molar-refractivity contribution in [1.82, 2.24) is 14.6 Å². The van der Waals surface area contributed by atoms with Gasteiger partial charge in [0, 0.05) is 27.4 Å². The summed E-state index contributed by atoms with van der Waals surface area (Å²) in [6.45, 7) is 7.56. The minimum atomic E-state index is -0.882. The molecule has 0 aliphatic heterocycles. The summed E-state index contributed by atoms with van der Waals surface area (Å²) in [5, 5.41) is 4.71. The molecular formula is C20H21BrIN3O3.